The van der Waals surface area contributed by atoms with Gasteiger partial charge < -0.3 is 9.88 Å². The summed E-state index contributed by atoms with van der Waals surface area (Å²) < 4.78 is 0. The Morgan fingerprint density at radius 3 is 2.62 bits per heavy atom. The van der Waals surface area contributed by atoms with E-state index in [4.69, 9.17) is 0 Å². The normalized spacial score (nSPS) is 16.1. The number of piperidine rings is 1. The summed E-state index contributed by atoms with van der Waals surface area (Å²) in [5, 5.41) is 10.6. The van der Waals surface area contributed by atoms with Crippen molar-refractivity contribution in [1.82, 2.24) is 4.98 Å². The number of nitro groups is 1. The summed E-state index contributed by atoms with van der Waals surface area (Å²) in [6, 6.07) is 1.35. The van der Waals surface area contributed by atoms with Crippen LogP contribution in [0, 0.1) is 10.1 Å². The lowest BCUT2D eigenvalue weighted by Crippen LogP contribution is -2.30. The van der Waals surface area contributed by atoms with Crippen LogP contribution in [0.5, 0.6) is 0 Å². The maximum Gasteiger partial charge on any atom is 0.335 e. The Morgan fingerprint density at radius 2 is 2.00 bits per heavy atom. The average molecular weight is 223 g/mol. The lowest BCUT2D eigenvalue weighted by molar-refractivity contribution is -0.386. The van der Waals surface area contributed by atoms with Gasteiger partial charge in [0.1, 0.15) is 0 Å². The van der Waals surface area contributed by atoms with Crippen LogP contribution in [-0.2, 0) is 0 Å². The first-order valence-electron chi connectivity index (χ1n) is 5.30. The number of hydrogen-bond acceptors (Lipinski definition) is 4. The number of aromatic amines is 1. The number of hydrogen-bond donors (Lipinski definition) is 1. The summed E-state index contributed by atoms with van der Waals surface area (Å²) in [5.74, 6) is 0. The molecule has 86 valence electrons. The molecule has 1 aliphatic rings. The third-order valence-corrected chi connectivity index (χ3v) is 2.79. The Bertz CT molecular complexity index is 449. The summed E-state index contributed by atoms with van der Waals surface area (Å²) in [5.41, 5.74) is -0.306. The van der Waals surface area contributed by atoms with Gasteiger partial charge in [-0.3, -0.25) is 14.9 Å². The Hall–Kier alpha value is -1.85. The number of anilines is 1. The van der Waals surface area contributed by atoms with Crippen LogP contribution >= 0.6 is 0 Å². The molecular weight excluding hydrogens is 210 g/mol. The van der Waals surface area contributed by atoms with E-state index < -0.39 is 10.5 Å². The van der Waals surface area contributed by atoms with Crippen molar-refractivity contribution < 1.29 is 4.92 Å². The highest BCUT2D eigenvalue weighted by atomic mass is 16.6. The molecule has 16 heavy (non-hydrogen) atoms. The maximum absolute atomic E-state index is 11.2. The van der Waals surface area contributed by atoms with Crippen LogP contribution < -0.4 is 10.5 Å². The second kappa shape index (κ2) is 4.34. The smallest absolute Gasteiger partial charge is 0.335 e. The first kappa shape index (κ1) is 10.7. The minimum Gasteiger partial charge on any atom is -0.370 e. The van der Waals surface area contributed by atoms with Gasteiger partial charge >= 0.3 is 11.2 Å². The molecule has 0 aliphatic carbocycles. The van der Waals surface area contributed by atoms with Gasteiger partial charge in [0.05, 0.1) is 10.6 Å². The molecule has 0 aromatic carbocycles. The predicted octanol–water partition coefficient (Wildman–Crippen LogP) is 1.27. The van der Waals surface area contributed by atoms with Gasteiger partial charge in [-0.1, -0.05) is 0 Å². The van der Waals surface area contributed by atoms with Crippen LogP contribution in [0.4, 0.5) is 11.4 Å². The van der Waals surface area contributed by atoms with Crippen molar-refractivity contribution in [3.63, 3.8) is 0 Å². The second-order valence-electron chi connectivity index (χ2n) is 3.88. The summed E-state index contributed by atoms with van der Waals surface area (Å²) in [7, 11) is 0. The zero-order valence-electron chi connectivity index (χ0n) is 8.81. The van der Waals surface area contributed by atoms with E-state index in [2.05, 4.69) is 9.88 Å². The summed E-state index contributed by atoms with van der Waals surface area (Å²) in [6.07, 6.45) is 4.92. The number of nitrogens with one attached hydrogen (secondary N) is 1. The van der Waals surface area contributed by atoms with Gasteiger partial charge in [0, 0.05) is 25.4 Å². The first-order chi connectivity index (χ1) is 7.68. The Balaban J connectivity index is 2.31. The highest BCUT2D eigenvalue weighted by Gasteiger charge is 2.17. The van der Waals surface area contributed by atoms with Gasteiger partial charge in [0.15, 0.2) is 0 Å². The van der Waals surface area contributed by atoms with Gasteiger partial charge in [-0.05, 0) is 19.3 Å². The topological polar surface area (TPSA) is 79.2 Å². The van der Waals surface area contributed by atoms with Crippen LogP contribution in [0.2, 0.25) is 0 Å². The van der Waals surface area contributed by atoms with Crippen LogP contribution in [0.25, 0.3) is 0 Å². The van der Waals surface area contributed by atoms with E-state index in [1.165, 1.54) is 12.5 Å². The number of aromatic nitrogens is 1. The van der Waals surface area contributed by atoms with Crippen molar-refractivity contribution in [3.8, 4) is 0 Å². The zero-order valence-corrected chi connectivity index (χ0v) is 8.81. The number of rotatable bonds is 2. The van der Waals surface area contributed by atoms with E-state index >= 15 is 0 Å². The second-order valence-corrected chi connectivity index (χ2v) is 3.88. The third kappa shape index (κ3) is 2.05. The van der Waals surface area contributed by atoms with Crippen molar-refractivity contribution in [3.05, 3.63) is 32.7 Å². The predicted molar refractivity (Wildman–Crippen MR) is 59.8 cm³/mol. The molecule has 0 atom stereocenters. The molecule has 1 fully saturated rings. The molecule has 2 heterocycles. The van der Waals surface area contributed by atoms with Gasteiger partial charge in [0.2, 0.25) is 0 Å². The fraction of sp³-hybridized carbons (Fsp3) is 0.500. The standard InChI is InChI=1S/C10H13N3O3/c14-10-9(13(15)16)6-8(7-11-10)12-4-2-1-3-5-12/h6-7H,1-5H2,(H,11,14). The monoisotopic (exact) mass is 223 g/mol. The average Bonchev–Trinajstić information content (AvgIpc) is 2.30. The van der Waals surface area contributed by atoms with Crippen LogP contribution in [0.1, 0.15) is 19.3 Å². The fourth-order valence-corrected chi connectivity index (χ4v) is 1.93. The fourth-order valence-electron chi connectivity index (χ4n) is 1.93. The summed E-state index contributed by atoms with van der Waals surface area (Å²) in [6.45, 7) is 1.78. The maximum atomic E-state index is 11.2. The van der Waals surface area contributed by atoms with Gasteiger partial charge in [-0.15, -0.1) is 0 Å². The molecule has 0 bridgehead atoms. The van der Waals surface area contributed by atoms with Crippen molar-refractivity contribution in [2.45, 2.75) is 19.3 Å². The van der Waals surface area contributed by atoms with E-state index in [9.17, 15) is 14.9 Å². The van der Waals surface area contributed by atoms with Crippen LogP contribution in [0.15, 0.2) is 17.1 Å². The van der Waals surface area contributed by atoms with Crippen LogP contribution in [0.3, 0.4) is 0 Å². The quantitative estimate of drug-likeness (QED) is 0.605. The molecule has 0 spiro atoms. The molecule has 1 aromatic rings. The minimum absolute atomic E-state index is 0.386. The molecule has 0 radical (unpaired) electrons. The molecule has 0 amide bonds. The lowest BCUT2D eigenvalue weighted by atomic mass is 10.1. The van der Waals surface area contributed by atoms with E-state index in [-0.39, 0.29) is 5.69 Å². The Morgan fingerprint density at radius 1 is 1.31 bits per heavy atom. The minimum atomic E-state index is -0.647. The van der Waals surface area contributed by atoms with Gasteiger partial charge in [-0.25, -0.2) is 0 Å². The molecule has 0 unspecified atom stereocenters. The summed E-state index contributed by atoms with van der Waals surface area (Å²) in [4.78, 5) is 25.6. The molecule has 6 nitrogen and oxygen atoms in total. The van der Waals surface area contributed by atoms with E-state index in [1.54, 1.807) is 6.20 Å². The first-order valence-corrected chi connectivity index (χ1v) is 5.30. The zero-order chi connectivity index (χ0) is 11.5. The highest BCUT2D eigenvalue weighted by molar-refractivity contribution is 5.50. The third-order valence-electron chi connectivity index (χ3n) is 2.79. The Labute approximate surface area is 92.0 Å². The number of nitrogens with zero attached hydrogens (tertiary/aromatic N) is 2. The van der Waals surface area contributed by atoms with Crippen molar-refractivity contribution in [2.24, 2.45) is 0 Å². The molecule has 2 rings (SSSR count). The molecular formula is C10H13N3O3. The molecule has 0 saturated carbocycles. The SMILES string of the molecule is O=c1[nH]cc(N2CCCCC2)cc1[N+](=O)[O-]. The van der Waals surface area contributed by atoms with Crippen molar-refractivity contribution in [1.29, 1.82) is 0 Å². The van der Waals surface area contributed by atoms with E-state index in [0.717, 1.165) is 31.6 Å². The van der Waals surface area contributed by atoms with Crippen molar-refractivity contribution >= 4 is 11.4 Å². The van der Waals surface area contributed by atoms with Gasteiger partial charge in [0.25, 0.3) is 0 Å². The number of H-pyrrole nitrogens is 1. The van der Waals surface area contributed by atoms with Crippen LogP contribution in [-0.4, -0.2) is 23.0 Å². The van der Waals surface area contributed by atoms with E-state index in [0.29, 0.717) is 0 Å². The summed E-state index contributed by atoms with van der Waals surface area (Å²) >= 11 is 0. The number of pyridine rings is 1. The molecule has 1 aliphatic heterocycles. The lowest BCUT2D eigenvalue weighted by Gasteiger charge is -2.28. The highest BCUT2D eigenvalue weighted by Crippen LogP contribution is 2.20. The van der Waals surface area contributed by atoms with E-state index in [1.807, 2.05) is 0 Å². The van der Waals surface area contributed by atoms with Gasteiger partial charge in [-0.2, -0.15) is 0 Å². The Kier molecular flexibility index (Phi) is 2.89. The van der Waals surface area contributed by atoms with Crippen molar-refractivity contribution in [2.75, 3.05) is 18.0 Å². The molecule has 1 N–H and O–H groups in total. The molecule has 6 heteroatoms. The molecule has 1 saturated heterocycles. The largest absolute Gasteiger partial charge is 0.370 e. The molecule has 1 aromatic heterocycles.